The highest BCUT2D eigenvalue weighted by atomic mass is 16.5. The maximum atomic E-state index is 12.1. The quantitative estimate of drug-likeness (QED) is 0.621. The van der Waals surface area contributed by atoms with Gasteiger partial charge in [0.2, 0.25) is 0 Å². The van der Waals surface area contributed by atoms with E-state index in [4.69, 9.17) is 10.5 Å². The second kappa shape index (κ2) is 8.53. The lowest BCUT2D eigenvalue weighted by Gasteiger charge is -2.19. The van der Waals surface area contributed by atoms with E-state index in [0.717, 1.165) is 37.2 Å². The lowest BCUT2D eigenvalue weighted by molar-refractivity contribution is -0.124. The van der Waals surface area contributed by atoms with Gasteiger partial charge in [0.1, 0.15) is 6.10 Å². The first kappa shape index (κ1) is 17.3. The zero-order valence-electron chi connectivity index (χ0n) is 13.9. The molecule has 0 aliphatic carbocycles. The summed E-state index contributed by atoms with van der Waals surface area (Å²) in [7, 11) is 0. The number of anilines is 1. The summed E-state index contributed by atoms with van der Waals surface area (Å²) in [5.41, 5.74) is 7.75. The van der Waals surface area contributed by atoms with E-state index in [9.17, 15) is 4.79 Å². The Morgan fingerprint density at radius 3 is 2.87 bits per heavy atom. The zero-order valence-corrected chi connectivity index (χ0v) is 13.9. The third-order valence-corrected chi connectivity index (χ3v) is 3.93. The maximum Gasteiger partial charge on any atom is 0.253 e. The summed E-state index contributed by atoms with van der Waals surface area (Å²) >= 11 is 0. The Labute approximate surface area is 137 Å². The number of hydrogen-bond acceptors (Lipinski definition) is 3. The number of hydrogen-bond donors (Lipinski definition) is 2. The summed E-state index contributed by atoms with van der Waals surface area (Å²) in [5.74, 6) is 0.467. The molecular weight excluding hydrogens is 292 g/mol. The SMILES string of the molecule is CCN(CC)C(N)=NCc1cccc(NC(=O)C2CCCO2)c1. The summed E-state index contributed by atoms with van der Waals surface area (Å²) < 4.78 is 5.39. The van der Waals surface area contributed by atoms with Crippen molar-refractivity contribution in [2.24, 2.45) is 10.7 Å². The predicted molar refractivity (Wildman–Crippen MR) is 92.3 cm³/mol. The number of nitrogens with zero attached hydrogens (tertiary/aromatic N) is 2. The lowest BCUT2D eigenvalue weighted by Crippen LogP contribution is -2.37. The summed E-state index contributed by atoms with van der Waals surface area (Å²) in [6.07, 6.45) is 1.41. The van der Waals surface area contributed by atoms with Gasteiger partial charge in [0.05, 0.1) is 6.54 Å². The Morgan fingerprint density at radius 2 is 2.22 bits per heavy atom. The van der Waals surface area contributed by atoms with Crippen LogP contribution < -0.4 is 11.1 Å². The molecule has 2 rings (SSSR count). The van der Waals surface area contributed by atoms with Gasteiger partial charge in [0.25, 0.3) is 5.91 Å². The maximum absolute atomic E-state index is 12.1. The number of carbonyl (C=O) groups excluding carboxylic acids is 1. The van der Waals surface area contributed by atoms with E-state index in [2.05, 4.69) is 10.3 Å². The first-order valence-electron chi connectivity index (χ1n) is 8.20. The molecule has 6 heteroatoms. The van der Waals surface area contributed by atoms with Crippen LogP contribution in [0.15, 0.2) is 29.3 Å². The molecule has 1 aliphatic rings. The van der Waals surface area contributed by atoms with E-state index in [0.29, 0.717) is 19.1 Å². The van der Waals surface area contributed by atoms with Crippen molar-refractivity contribution in [2.75, 3.05) is 25.0 Å². The van der Waals surface area contributed by atoms with Crippen LogP contribution in [-0.2, 0) is 16.1 Å². The molecule has 1 saturated heterocycles. The minimum absolute atomic E-state index is 0.0780. The Hall–Kier alpha value is -2.08. The number of guanidine groups is 1. The van der Waals surface area contributed by atoms with Gasteiger partial charge in [-0.3, -0.25) is 4.79 Å². The van der Waals surface area contributed by atoms with Gasteiger partial charge in [0, 0.05) is 25.4 Å². The first-order chi connectivity index (χ1) is 11.1. The van der Waals surface area contributed by atoms with Crippen LogP contribution in [0.2, 0.25) is 0 Å². The van der Waals surface area contributed by atoms with Gasteiger partial charge in [-0.1, -0.05) is 12.1 Å². The number of nitrogens with one attached hydrogen (secondary N) is 1. The molecular formula is C17H26N4O2. The molecule has 23 heavy (non-hydrogen) atoms. The van der Waals surface area contributed by atoms with Crippen molar-refractivity contribution in [2.45, 2.75) is 39.3 Å². The van der Waals surface area contributed by atoms with Crippen molar-refractivity contribution in [1.29, 1.82) is 0 Å². The van der Waals surface area contributed by atoms with Crippen LogP contribution in [0, 0.1) is 0 Å². The van der Waals surface area contributed by atoms with Crippen LogP contribution >= 0.6 is 0 Å². The van der Waals surface area contributed by atoms with Crippen LogP contribution in [0.5, 0.6) is 0 Å². The number of rotatable bonds is 6. The molecule has 1 aromatic carbocycles. The van der Waals surface area contributed by atoms with Gasteiger partial charge in [-0.15, -0.1) is 0 Å². The molecule has 1 aliphatic heterocycles. The van der Waals surface area contributed by atoms with E-state index in [1.807, 2.05) is 43.0 Å². The molecule has 1 amide bonds. The van der Waals surface area contributed by atoms with E-state index in [1.54, 1.807) is 0 Å². The minimum Gasteiger partial charge on any atom is -0.370 e. The Balaban J connectivity index is 1.96. The van der Waals surface area contributed by atoms with Gasteiger partial charge in [-0.25, -0.2) is 4.99 Å². The van der Waals surface area contributed by atoms with E-state index >= 15 is 0 Å². The predicted octanol–water partition coefficient (Wildman–Crippen LogP) is 1.96. The van der Waals surface area contributed by atoms with Crippen molar-refractivity contribution < 1.29 is 9.53 Å². The standard InChI is InChI=1S/C17H26N4O2/c1-3-21(4-2)17(18)19-12-13-7-5-8-14(11-13)20-16(22)15-9-6-10-23-15/h5,7-8,11,15H,3-4,6,9-10,12H2,1-2H3,(H2,18,19)(H,20,22). The second-order valence-electron chi connectivity index (χ2n) is 5.54. The molecule has 1 heterocycles. The van der Waals surface area contributed by atoms with Crippen LogP contribution in [0.3, 0.4) is 0 Å². The first-order valence-corrected chi connectivity index (χ1v) is 8.20. The number of aliphatic imine (C=N–C) groups is 1. The molecule has 126 valence electrons. The van der Waals surface area contributed by atoms with E-state index < -0.39 is 0 Å². The number of amides is 1. The van der Waals surface area contributed by atoms with E-state index in [1.165, 1.54) is 0 Å². The molecule has 3 N–H and O–H groups in total. The number of ether oxygens (including phenoxy) is 1. The molecule has 0 spiro atoms. The zero-order chi connectivity index (χ0) is 16.7. The topological polar surface area (TPSA) is 80.0 Å². The summed E-state index contributed by atoms with van der Waals surface area (Å²) in [6, 6.07) is 7.67. The summed E-state index contributed by atoms with van der Waals surface area (Å²) in [4.78, 5) is 18.5. The van der Waals surface area contributed by atoms with Crippen LogP contribution in [0.4, 0.5) is 5.69 Å². The number of carbonyl (C=O) groups is 1. The van der Waals surface area contributed by atoms with Crippen molar-refractivity contribution >= 4 is 17.6 Å². The highest BCUT2D eigenvalue weighted by Gasteiger charge is 2.23. The van der Waals surface area contributed by atoms with Crippen molar-refractivity contribution in [3.05, 3.63) is 29.8 Å². The Bertz CT molecular complexity index is 549. The van der Waals surface area contributed by atoms with Crippen LogP contribution in [0.25, 0.3) is 0 Å². The molecule has 0 saturated carbocycles. The summed E-state index contributed by atoms with van der Waals surface area (Å²) in [5, 5.41) is 2.90. The van der Waals surface area contributed by atoms with Crippen molar-refractivity contribution in [1.82, 2.24) is 4.90 Å². The van der Waals surface area contributed by atoms with Gasteiger partial charge < -0.3 is 20.7 Å². The Morgan fingerprint density at radius 1 is 1.43 bits per heavy atom. The van der Waals surface area contributed by atoms with Crippen LogP contribution in [-0.4, -0.2) is 42.6 Å². The average Bonchev–Trinajstić information content (AvgIpc) is 3.09. The number of benzene rings is 1. The highest BCUT2D eigenvalue weighted by Crippen LogP contribution is 2.16. The normalized spacial score (nSPS) is 18.0. The molecule has 1 unspecified atom stereocenters. The fraction of sp³-hybridized carbons (Fsp3) is 0.529. The third-order valence-electron chi connectivity index (χ3n) is 3.93. The third kappa shape index (κ3) is 4.96. The highest BCUT2D eigenvalue weighted by molar-refractivity contribution is 5.94. The fourth-order valence-corrected chi connectivity index (χ4v) is 2.57. The lowest BCUT2D eigenvalue weighted by atomic mass is 10.2. The average molecular weight is 318 g/mol. The monoisotopic (exact) mass is 318 g/mol. The van der Waals surface area contributed by atoms with Crippen LogP contribution in [0.1, 0.15) is 32.3 Å². The van der Waals surface area contributed by atoms with Gasteiger partial charge in [-0.2, -0.15) is 0 Å². The van der Waals surface area contributed by atoms with Crippen molar-refractivity contribution in [3.63, 3.8) is 0 Å². The molecule has 0 aromatic heterocycles. The number of nitrogens with two attached hydrogens (primary N) is 1. The molecule has 1 atom stereocenters. The fourth-order valence-electron chi connectivity index (χ4n) is 2.57. The van der Waals surface area contributed by atoms with Gasteiger partial charge >= 0.3 is 0 Å². The molecule has 0 radical (unpaired) electrons. The minimum atomic E-state index is -0.324. The van der Waals surface area contributed by atoms with Crippen molar-refractivity contribution in [3.8, 4) is 0 Å². The molecule has 1 aromatic rings. The van der Waals surface area contributed by atoms with Gasteiger partial charge in [0.15, 0.2) is 5.96 Å². The summed E-state index contributed by atoms with van der Waals surface area (Å²) in [6.45, 7) is 6.93. The van der Waals surface area contributed by atoms with Gasteiger partial charge in [-0.05, 0) is 44.4 Å². The molecule has 0 bridgehead atoms. The molecule has 6 nitrogen and oxygen atoms in total. The molecule has 1 fully saturated rings. The van der Waals surface area contributed by atoms with E-state index in [-0.39, 0.29) is 12.0 Å². The largest absolute Gasteiger partial charge is 0.370 e. The smallest absolute Gasteiger partial charge is 0.253 e. The second-order valence-corrected chi connectivity index (χ2v) is 5.54. The Kier molecular flexibility index (Phi) is 6.40.